The maximum atomic E-state index is 14.0. The van der Waals surface area contributed by atoms with Crippen LogP contribution in [0.3, 0.4) is 0 Å². The Balaban J connectivity index is 1.59. The van der Waals surface area contributed by atoms with Crippen LogP contribution < -0.4 is 4.74 Å². The zero-order valence-electron chi connectivity index (χ0n) is 27.1. The van der Waals surface area contributed by atoms with Gasteiger partial charge in [-0.25, -0.2) is 14.2 Å². The highest BCUT2D eigenvalue weighted by molar-refractivity contribution is 6.32. The lowest BCUT2D eigenvalue weighted by atomic mass is 9.91. The van der Waals surface area contributed by atoms with Crippen LogP contribution in [0.15, 0.2) is 79.0 Å². The molecule has 0 aliphatic rings. The molecule has 0 unspecified atom stereocenters. The van der Waals surface area contributed by atoms with Gasteiger partial charge >= 0.3 is 6.09 Å². The number of amides is 2. The van der Waals surface area contributed by atoms with Crippen molar-refractivity contribution in [1.82, 2.24) is 19.8 Å². The molecule has 2 aromatic carbocycles. The Morgan fingerprint density at radius 3 is 2.46 bits per heavy atom. The van der Waals surface area contributed by atoms with Gasteiger partial charge in [-0.3, -0.25) is 4.79 Å². The molecule has 0 saturated carbocycles. The molecule has 242 valence electrons. The average molecular weight is 647 g/mol. The normalized spacial score (nSPS) is 12.3. The van der Waals surface area contributed by atoms with Gasteiger partial charge in [0.25, 0.3) is 0 Å². The quantitative estimate of drug-likeness (QED) is 0.167. The number of rotatable bonds is 11. The predicted octanol–water partition coefficient (Wildman–Crippen LogP) is 7.98. The van der Waals surface area contributed by atoms with Crippen molar-refractivity contribution < 1.29 is 23.5 Å². The number of aromatic amines is 1. The number of fused-ring (bicyclic) bond motifs is 1. The number of aromatic nitrogens is 2. The Morgan fingerprint density at radius 2 is 1.83 bits per heavy atom. The van der Waals surface area contributed by atoms with Gasteiger partial charge in [-0.05, 0) is 68.7 Å². The van der Waals surface area contributed by atoms with Gasteiger partial charge in [-0.15, -0.1) is 0 Å². The topological polar surface area (TPSA) is 87.8 Å². The highest BCUT2D eigenvalue weighted by Gasteiger charge is 2.22. The molecule has 0 saturated heterocycles. The lowest BCUT2D eigenvalue weighted by molar-refractivity contribution is -0.123. The fourth-order valence-electron chi connectivity index (χ4n) is 4.82. The van der Waals surface area contributed by atoms with Crippen molar-refractivity contribution in [2.24, 2.45) is 0 Å². The van der Waals surface area contributed by atoms with Gasteiger partial charge in [0, 0.05) is 66.7 Å². The van der Waals surface area contributed by atoms with E-state index in [1.54, 1.807) is 59.3 Å². The number of H-pyrrole nitrogens is 1. The third-order valence-electron chi connectivity index (χ3n) is 7.03. The van der Waals surface area contributed by atoms with Gasteiger partial charge in [-0.1, -0.05) is 48.9 Å². The number of pyridine rings is 1. The largest absolute Gasteiger partial charge is 0.476 e. The Hall–Kier alpha value is -4.63. The number of likely N-dealkylation sites (N-methyl/N-ethyl adjacent to an activating group) is 1. The highest BCUT2D eigenvalue weighted by atomic mass is 35.5. The van der Waals surface area contributed by atoms with Crippen LogP contribution in [0.1, 0.15) is 50.9 Å². The standard InChI is InChI=1S/C36H40ClFN4O4/c1-7-27(28-16-15-26(38)22-29(28)37)34(31-21-24-11-8-9-12-30(24)40-31)25-14-17-32(39-23-25)45-20-19-42(35(44)46-36(2,3)4)18-10-13-33(43)41(5)6/h8-17,21-23,40H,7,18-20H2,1-6H3/b13-10+,34-27+. The van der Waals surface area contributed by atoms with E-state index >= 15 is 0 Å². The summed E-state index contributed by atoms with van der Waals surface area (Å²) in [5.74, 6) is -0.207. The smallest absolute Gasteiger partial charge is 0.410 e. The van der Waals surface area contributed by atoms with Crippen LogP contribution in [-0.4, -0.2) is 71.2 Å². The van der Waals surface area contributed by atoms with Crippen molar-refractivity contribution in [2.75, 3.05) is 33.8 Å². The molecular formula is C36H40ClFN4O4. The number of halogens is 2. The fourth-order valence-corrected chi connectivity index (χ4v) is 5.11. The Bertz CT molecular complexity index is 1710. The van der Waals surface area contributed by atoms with Crippen LogP contribution >= 0.6 is 11.6 Å². The van der Waals surface area contributed by atoms with E-state index in [-0.39, 0.29) is 25.6 Å². The number of carbonyl (C=O) groups excluding carboxylic acids is 2. The van der Waals surface area contributed by atoms with Gasteiger partial charge in [0.1, 0.15) is 18.0 Å². The van der Waals surface area contributed by atoms with Crippen molar-refractivity contribution in [2.45, 2.75) is 39.7 Å². The number of hydrogen-bond acceptors (Lipinski definition) is 5. The van der Waals surface area contributed by atoms with Crippen molar-refractivity contribution in [1.29, 1.82) is 0 Å². The van der Waals surface area contributed by atoms with E-state index in [0.717, 1.165) is 38.9 Å². The number of allylic oxidation sites excluding steroid dienone is 1. The number of hydrogen-bond donors (Lipinski definition) is 1. The molecule has 46 heavy (non-hydrogen) atoms. The summed E-state index contributed by atoms with van der Waals surface area (Å²) in [6.07, 6.45) is 4.88. The highest BCUT2D eigenvalue weighted by Crippen LogP contribution is 2.38. The van der Waals surface area contributed by atoms with Gasteiger partial charge in [-0.2, -0.15) is 0 Å². The monoisotopic (exact) mass is 646 g/mol. The van der Waals surface area contributed by atoms with Crippen LogP contribution in [0.5, 0.6) is 5.88 Å². The van der Waals surface area contributed by atoms with E-state index in [9.17, 15) is 14.0 Å². The lowest BCUT2D eigenvalue weighted by Crippen LogP contribution is -2.39. The number of nitrogens with zero attached hydrogens (tertiary/aromatic N) is 3. The maximum absolute atomic E-state index is 14.0. The molecule has 0 radical (unpaired) electrons. The molecule has 0 fully saturated rings. The van der Waals surface area contributed by atoms with E-state index in [1.165, 1.54) is 28.0 Å². The number of para-hydroxylation sites is 1. The molecule has 2 heterocycles. The van der Waals surface area contributed by atoms with Crippen LogP contribution in [0.25, 0.3) is 22.0 Å². The molecular weight excluding hydrogens is 607 g/mol. The minimum atomic E-state index is -0.678. The van der Waals surface area contributed by atoms with Crippen molar-refractivity contribution in [3.05, 3.63) is 107 Å². The third-order valence-corrected chi connectivity index (χ3v) is 7.34. The van der Waals surface area contributed by atoms with E-state index in [4.69, 9.17) is 21.1 Å². The van der Waals surface area contributed by atoms with Crippen molar-refractivity contribution >= 4 is 45.7 Å². The van der Waals surface area contributed by atoms with E-state index in [2.05, 4.69) is 16.0 Å². The molecule has 4 rings (SSSR count). The molecule has 10 heteroatoms. The van der Waals surface area contributed by atoms with Crippen LogP contribution in [0.2, 0.25) is 5.02 Å². The Labute approximate surface area is 274 Å². The van der Waals surface area contributed by atoms with Gasteiger partial charge in [0.05, 0.1) is 11.6 Å². The first kappa shape index (κ1) is 34.2. The molecule has 1 N–H and O–H groups in total. The summed E-state index contributed by atoms with van der Waals surface area (Å²) in [6, 6.07) is 18.2. The van der Waals surface area contributed by atoms with Crippen molar-refractivity contribution in [3.8, 4) is 5.88 Å². The van der Waals surface area contributed by atoms with Crippen LogP contribution in [0.4, 0.5) is 9.18 Å². The lowest BCUT2D eigenvalue weighted by Gasteiger charge is -2.26. The summed E-state index contributed by atoms with van der Waals surface area (Å²) in [7, 11) is 3.31. The van der Waals surface area contributed by atoms with E-state index in [1.807, 2.05) is 37.3 Å². The van der Waals surface area contributed by atoms with Crippen molar-refractivity contribution in [3.63, 3.8) is 0 Å². The van der Waals surface area contributed by atoms with Crippen LogP contribution in [0, 0.1) is 5.82 Å². The summed E-state index contributed by atoms with van der Waals surface area (Å²) in [6.45, 7) is 7.95. The minimum absolute atomic E-state index is 0.150. The Morgan fingerprint density at radius 1 is 1.07 bits per heavy atom. The molecule has 0 atom stereocenters. The third kappa shape index (κ3) is 8.97. The summed E-state index contributed by atoms with van der Waals surface area (Å²) in [5, 5.41) is 1.38. The van der Waals surface area contributed by atoms with Gasteiger partial charge in [0.15, 0.2) is 0 Å². The molecule has 0 aliphatic heterocycles. The van der Waals surface area contributed by atoms with Gasteiger partial charge < -0.3 is 24.3 Å². The number of benzene rings is 2. The number of ether oxygens (including phenoxy) is 2. The fraction of sp³-hybridized carbons (Fsp3) is 0.306. The summed E-state index contributed by atoms with van der Waals surface area (Å²) in [5.41, 5.74) is 4.57. The zero-order valence-corrected chi connectivity index (χ0v) is 27.8. The van der Waals surface area contributed by atoms with E-state index in [0.29, 0.717) is 17.3 Å². The number of nitrogens with one attached hydrogen (secondary N) is 1. The average Bonchev–Trinajstić information content (AvgIpc) is 3.42. The summed E-state index contributed by atoms with van der Waals surface area (Å²) >= 11 is 6.55. The molecule has 8 nitrogen and oxygen atoms in total. The summed E-state index contributed by atoms with van der Waals surface area (Å²) in [4.78, 5) is 35.8. The zero-order chi connectivity index (χ0) is 33.4. The molecule has 4 aromatic rings. The second kappa shape index (κ2) is 15.1. The molecule has 0 spiro atoms. The molecule has 0 bridgehead atoms. The SMILES string of the molecule is CC/C(=C(/c1ccc(OCCN(C/C=C/C(=O)N(C)C)C(=O)OC(C)(C)C)nc1)c1cc2ccccc2[nH]1)c1ccc(F)cc1Cl. The van der Waals surface area contributed by atoms with E-state index < -0.39 is 17.5 Å². The predicted molar refractivity (Wildman–Crippen MR) is 181 cm³/mol. The molecule has 0 aliphatic carbocycles. The number of carbonyl (C=O) groups is 2. The Kier molecular flexibility index (Phi) is 11.2. The second-order valence-electron chi connectivity index (χ2n) is 11.9. The van der Waals surface area contributed by atoms with Gasteiger partial charge in [0.2, 0.25) is 11.8 Å². The van der Waals surface area contributed by atoms with Crippen LogP contribution in [-0.2, 0) is 9.53 Å². The first-order valence-corrected chi connectivity index (χ1v) is 15.5. The summed E-state index contributed by atoms with van der Waals surface area (Å²) < 4.78 is 25.4. The second-order valence-corrected chi connectivity index (χ2v) is 12.3. The minimum Gasteiger partial charge on any atom is -0.476 e. The molecule has 2 amide bonds. The molecule has 2 aromatic heterocycles. The first-order valence-electron chi connectivity index (χ1n) is 15.1. The maximum Gasteiger partial charge on any atom is 0.410 e. The first-order chi connectivity index (χ1) is 21.9.